The number of pyridine rings is 1. The molecule has 3 rings (SSSR count). The second-order valence-electron chi connectivity index (χ2n) is 4.95. The number of nitrogens with one attached hydrogen (secondary N) is 1. The van der Waals surface area contributed by atoms with Crippen LogP contribution in [0, 0.1) is 0 Å². The standard InChI is InChI=1S/C16H12N2O5/c19-13-7-3-4-10(17-13)8-9-14(20)23-18-15(21)11-5-1-2-6-12(11)16(18)22/h1-7H,8-9H2,(H,17,19). The number of imide groups is 1. The van der Waals surface area contributed by atoms with Crippen molar-refractivity contribution in [3.8, 4) is 0 Å². The Balaban J connectivity index is 1.64. The summed E-state index contributed by atoms with van der Waals surface area (Å²) in [6.07, 6.45) is 0.158. The van der Waals surface area contributed by atoms with Crippen molar-refractivity contribution in [3.63, 3.8) is 0 Å². The van der Waals surface area contributed by atoms with Gasteiger partial charge >= 0.3 is 5.97 Å². The SMILES string of the molecule is O=C(CCc1cccc(=O)[nH]1)ON1C(=O)c2ccccc2C1=O. The molecule has 0 aliphatic carbocycles. The molecule has 7 heteroatoms. The van der Waals surface area contributed by atoms with Crippen molar-refractivity contribution in [2.24, 2.45) is 0 Å². The van der Waals surface area contributed by atoms with Crippen LogP contribution in [0.25, 0.3) is 0 Å². The molecule has 0 atom stereocenters. The Kier molecular flexibility index (Phi) is 3.76. The Hall–Kier alpha value is -3.22. The molecule has 23 heavy (non-hydrogen) atoms. The average Bonchev–Trinajstić information content (AvgIpc) is 2.79. The minimum Gasteiger partial charge on any atom is -0.330 e. The lowest BCUT2D eigenvalue weighted by Gasteiger charge is -2.12. The summed E-state index contributed by atoms with van der Waals surface area (Å²) < 4.78 is 0. The average molecular weight is 312 g/mol. The van der Waals surface area contributed by atoms with Gasteiger partial charge in [0.1, 0.15) is 0 Å². The molecule has 1 N–H and O–H groups in total. The topological polar surface area (TPSA) is 96.5 Å². The van der Waals surface area contributed by atoms with Crippen LogP contribution >= 0.6 is 0 Å². The molecule has 1 aromatic heterocycles. The molecule has 7 nitrogen and oxygen atoms in total. The summed E-state index contributed by atoms with van der Waals surface area (Å²) >= 11 is 0. The van der Waals surface area contributed by atoms with Crippen molar-refractivity contribution in [1.29, 1.82) is 0 Å². The number of hydrogen-bond donors (Lipinski definition) is 1. The fraction of sp³-hybridized carbons (Fsp3) is 0.125. The van der Waals surface area contributed by atoms with Crippen LogP contribution in [-0.2, 0) is 16.1 Å². The van der Waals surface area contributed by atoms with Gasteiger partial charge in [0.15, 0.2) is 0 Å². The van der Waals surface area contributed by atoms with E-state index in [9.17, 15) is 19.2 Å². The van der Waals surface area contributed by atoms with E-state index in [1.165, 1.54) is 18.2 Å². The number of fused-ring (bicyclic) bond motifs is 1. The van der Waals surface area contributed by atoms with Gasteiger partial charge in [0.25, 0.3) is 11.8 Å². The Bertz CT molecular complexity index is 820. The van der Waals surface area contributed by atoms with E-state index >= 15 is 0 Å². The van der Waals surface area contributed by atoms with Gasteiger partial charge in [-0.15, -0.1) is 0 Å². The number of carbonyl (C=O) groups is 3. The zero-order valence-corrected chi connectivity index (χ0v) is 11.9. The van der Waals surface area contributed by atoms with E-state index in [2.05, 4.69) is 4.98 Å². The molecule has 0 spiro atoms. The predicted molar refractivity (Wildman–Crippen MR) is 78.4 cm³/mol. The normalized spacial score (nSPS) is 13.1. The van der Waals surface area contributed by atoms with E-state index in [1.54, 1.807) is 24.3 Å². The lowest BCUT2D eigenvalue weighted by molar-refractivity contribution is -0.168. The number of nitrogens with zero attached hydrogens (tertiary/aromatic N) is 1. The van der Waals surface area contributed by atoms with Crippen LogP contribution in [0.3, 0.4) is 0 Å². The van der Waals surface area contributed by atoms with Gasteiger partial charge in [-0.1, -0.05) is 23.3 Å². The highest BCUT2D eigenvalue weighted by molar-refractivity contribution is 6.20. The molecule has 2 aromatic rings. The first-order chi connectivity index (χ1) is 11.1. The van der Waals surface area contributed by atoms with Gasteiger partial charge in [0.2, 0.25) is 5.56 Å². The first-order valence-corrected chi connectivity index (χ1v) is 6.93. The van der Waals surface area contributed by atoms with Crippen LogP contribution in [0.1, 0.15) is 32.8 Å². The zero-order valence-electron chi connectivity index (χ0n) is 11.9. The van der Waals surface area contributed by atoms with E-state index in [0.29, 0.717) is 10.8 Å². The summed E-state index contributed by atoms with van der Waals surface area (Å²) in [6, 6.07) is 10.8. The number of rotatable bonds is 4. The largest absolute Gasteiger partial charge is 0.333 e. The number of benzene rings is 1. The molecule has 1 aromatic carbocycles. The van der Waals surface area contributed by atoms with Crippen molar-refractivity contribution in [3.05, 3.63) is 69.6 Å². The van der Waals surface area contributed by atoms with Crippen LogP contribution in [0.4, 0.5) is 0 Å². The lowest BCUT2D eigenvalue weighted by atomic mass is 10.1. The van der Waals surface area contributed by atoms with Crippen LogP contribution in [0.15, 0.2) is 47.3 Å². The van der Waals surface area contributed by atoms with E-state index in [1.807, 2.05) is 0 Å². The summed E-state index contributed by atoms with van der Waals surface area (Å²) in [5, 5.41) is 0.473. The molecule has 0 saturated carbocycles. The first kappa shape index (κ1) is 14.7. The molecule has 0 fully saturated rings. The Morgan fingerprint density at radius 2 is 1.61 bits per heavy atom. The van der Waals surface area contributed by atoms with Crippen molar-refractivity contribution in [2.45, 2.75) is 12.8 Å². The predicted octanol–water partition coefficient (Wildman–Crippen LogP) is 1.06. The molecule has 116 valence electrons. The number of aryl methyl sites for hydroxylation is 1. The van der Waals surface area contributed by atoms with Crippen LogP contribution in [0.5, 0.6) is 0 Å². The molecular weight excluding hydrogens is 300 g/mol. The Morgan fingerprint density at radius 3 is 2.22 bits per heavy atom. The smallest absolute Gasteiger partial charge is 0.330 e. The monoisotopic (exact) mass is 312 g/mol. The van der Waals surface area contributed by atoms with Gasteiger partial charge in [-0.2, -0.15) is 0 Å². The van der Waals surface area contributed by atoms with Gasteiger partial charge in [-0.25, -0.2) is 4.79 Å². The molecule has 1 aliphatic heterocycles. The number of aromatic amines is 1. The van der Waals surface area contributed by atoms with Crippen molar-refractivity contribution >= 4 is 17.8 Å². The number of hydrogen-bond acceptors (Lipinski definition) is 5. The van der Waals surface area contributed by atoms with E-state index in [0.717, 1.165) is 0 Å². The molecule has 0 bridgehead atoms. The second-order valence-corrected chi connectivity index (χ2v) is 4.95. The molecule has 0 unspecified atom stereocenters. The lowest BCUT2D eigenvalue weighted by Crippen LogP contribution is -2.32. The summed E-state index contributed by atoms with van der Waals surface area (Å²) in [7, 11) is 0. The summed E-state index contributed by atoms with van der Waals surface area (Å²) in [5.41, 5.74) is 0.711. The van der Waals surface area contributed by atoms with Crippen LogP contribution < -0.4 is 5.56 Å². The molecule has 2 heterocycles. The van der Waals surface area contributed by atoms with Crippen molar-refractivity contribution in [2.75, 3.05) is 0 Å². The summed E-state index contributed by atoms with van der Waals surface area (Å²) in [5.74, 6) is -2.05. The maximum Gasteiger partial charge on any atom is 0.333 e. The van der Waals surface area contributed by atoms with Gasteiger partial charge in [-0.05, 0) is 24.6 Å². The van der Waals surface area contributed by atoms with Crippen molar-refractivity contribution < 1.29 is 19.2 Å². The maximum absolute atomic E-state index is 12.0. The van der Waals surface area contributed by atoms with Crippen LogP contribution in [0.2, 0.25) is 0 Å². The first-order valence-electron chi connectivity index (χ1n) is 6.93. The zero-order chi connectivity index (χ0) is 16.4. The maximum atomic E-state index is 12.0. The number of hydroxylamine groups is 2. The Labute approximate surface area is 130 Å². The summed E-state index contributed by atoms with van der Waals surface area (Å²) in [6.45, 7) is 0. The molecule has 0 saturated heterocycles. The van der Waals surface area contributed by atoms with Gasteiger partial charge in [0, 0.05) is 11.8 Å². The number of amides is 2. The summed E-state index contributed by atoms with van der Waals surface area (Å²) in [4.78, 5) is 54.5. The number of carbonyl (C=O) groups excluding carboxylic acids is 3. The highest BCUT2D eigenvalue weighted by Crippen LogP contribution is 2.22. The fourth-order valence-electron chi connectivity index (χ4n) is 2.27. The third-order valence-corrected chi connectivity index (χ3v) is 3.38. The minimum absolute atomic E-state index is 0.0760. The highest BCUT2D eigenvalue weighted by atomic mass is 16.7. The highest BCUT2D eigenvalue weighted by Gasteiger charge is 2.38. The van der Waals surface area contributed by atoms with Crippen molar-refractivity contribution in [1.82, 2.24) is 10.0 Å². The van der Waals surface area contributed by atoms with Gasteiger partial charge in [0.05, 0.1) is 17.5 Å². The third-order valence-electron chi connectivity index (χ3n) is 3.38. The Morgan fingerprint density at radius 1 is 0.957 bits per heavy atom. The van der Waals surface area contributed by atoms with E-state index in [-0.39, 0.29) is 29.5 Å². The molecular formula is C16H12N2O5. The third kappa shape index (κ3) is 2.89. The quantitative estimate of drug-likeness (QED) is 0.852. The van der Waals surface area contributed by atoms with Crippen LogP contribution in [-0.4, -0.2) is 27.8 Å². The minimum atomic E-state index is -0.732. The fourth-order valence-corrected chi connectivity index (χ4v) is 2.27. The molecule has 0 radical (unpaired) electrons. The van der Waals surface area contributed by atoms with E-state index in [4.69, 9.17) is 4.84 Å². The van der Waals surface area contributed by atoms with Gasteiger partial charge in [-0.3, -0.25) is 14.4 Å². The molecule has 1 aliphatic rings. The van der Waals surface area contributed by atoms with Gasteiger partial charge < -0.3 is 9.82 Å². The molecule has 2 amide bonds. The van der Waals surface area contributed by atoms with E-state index < -0.39 is 17.8 Å². The number of H-pyrrole nitrogens is 1. The number of aromatic nitrogens is 1. The second kappa shape index (κ2) is 5.88.